The van der Waals surface area contributed by atoms with Crippen LogP contribution in [0, 0.1) is 12.3 Å². The smallest absolute Gasteiger partial charge is 0.338 e. The van der Waals surface area contributed by atoms with E-state index < -0.39 is 17.5 Å². The van der Waals surface area contributed by atoms with Crippen LogP contribution in [0.25, 0.3) is 0 Å². The summed E-state index contributed by atoms with van der Waals surface area (Å²) in [6, 6.07) is 6.65. The van der Waals surface area contributed by atoms with Crippen molar-refractivity contribution < 1.29 is 19.4 Å². The van der Waals surface area contributed by atoms with Crippen molar-refractivity contribution in [2.24, 2.45) is 0 Å². The molecule has 5 nitrogen and oxygen atoms in total. The Labute approximate surface area is 136 Å². The molecule has 0 spiro atoms. The third kappa shape index (κ3) is 2.32. The van der Waals surface area contributed by atoms with Crippen molar-refractivity contribution in [2.45, 2.75) is 12.5 Å². The summed E-state index contributed by atoms with van der Waals surface area (Å²) >= 11 is 3.04. The molecule has 1 aromatic rings. The van der Waals surface area contributed by atoms with E-state index in [1.165, 1.54) is 9.89 Å². The number of aliphatic hydroxyl groups is 1. The van der Waals surface area contributed by atoms with Crippen molar-refractivity contribution >= 4 is 33.5 Å². The molecule has 1 atom stereocenters. The number of hydrogen-bond acceptors (Lipinski definition) is 4. The first-order valence-electron chi connectivity index (χ1n) is 6.57. The molecule has 0 radical (unpaired) electrons. The lowest BCUT2D eigenvalue weighted by atomic mass is 9.88. The van der Waals surface area contributed by atoms with Gasteiger partial charge in [-0.1, -0.05) is 40.0 Å². The zero-order valence-electron chi connectivity index (χ0n) is 11.9. The molecule has 114 valence electrons. The summed E-state index contributed by atoms with van der Waals surface area (Å²) in [5, 5.41) is 11.0. The fourth-order valence-electron chi connectivity index (χ4n) is 2.42. The molecule has 0 fully saturated rings. The van der Waals surface area contributed by atoms with Gasteiger partial charge in [-0.2, -0.15) is 0 Å². The Balaban J connectivity index is 2.61. The number of para-hydroxylation sites is 1. The number of esters is 1. The molecule has 2 rings (SSSR count). The quantitative estimate of drug-likeness (QED) is 0.502. The van der Waals surface area contributed by atoms with Crippen molar-refractivity contribution in [1.29, 1.82) is 0 Å². The molecule has 0 bridgehead atoms. The Morgan fingerprint density at radius 3 is 2.82 bits per heavy atom. The van der Waals surface area contributed by atoms with Crippen molar-refractivity contribution in [3.63, 3.8) is 0 Å². The fraction of sp³-hybridized carbons (Fsp3) is 0.250. The van der Waals surface area contributed by atoms with Gasteiger partial charge in [0.1, 0.15) is 0 Å². The van der Waals surface area contributed by atoms with Gasteiger partial charge in [-0.3, -0.25) is 9.69 Å². The second-order valence-corrected chi connectivity index (χ2v) is 5.02. The first kappa shape index (κ1) is 16.3. The van der Waals surface area contributed by atoms with Gasteiger partial charge in [-0.05, 0) is 18.0 Å². The van der Waals surface area contributed by atoms with Gasteiger partial charge >= 0.3 is 5.97 Å². The monoisotopic (exact) mass is 363 g/mol. The highest BCUT2D eigenvalue weighted by Gasteiger charge is 2.54. The van der Waals surface area contributed by atoms with E-state index in [4.69, 9.17) is 11.2 Å². The molecule has 0 saturated carbocycles. The second-order valence-electron chi connectivity index (χ2n) is 4.57. The van der Waals surface area contributed by atoms with Crippen molar-refractivity contribution in [2.75, 3.05) is 18.1 Å². The zero-order valence-corrected chi connectivity index (χ0v) is 13.5. The minimum atomic E-state index is -2.12. The van der Waals surface area contributed by atoms with Crippen LogP contribution in [0.4, 0.5) is 5.69 Å². The van der Waals surface area contributed by atoms with Gasteiger partial charge in [0.2, 0.25) is 5.60 Å². The number of hydrogen-bond donors (Lipinski definition) is 1. The van der Waals surface area contributed by atoms with Crippen LogP contribution < -0.4 is 4.90 Å². The molecule has 1 aliphatic heterocycles. The van der Waals surface area contributed by atoms with E-state index in [1.807, 2.05) is 0 Å². The number of rotatable bonds is 4. The number of benzene rings is 1. The fourth-order valence-corrected chi connectivity index (χ4v) is 2.94. The maximum Gasteiger partial charge on any atom is 0.338 e. The second kappa shape index (κ2) is 6.34. The lowest BCUT2D eigenvalue weighted by Crippen LogP contribution is -2.44. The number of carbonyl (C=O) groups excluding carboxylic acids is 2. The van der Waals surface area contributed by atoms with Gasteiger partial charge in [-0.25, -0.2) is 4.79 Å². The summed E-state index contributed by atoms with van der Waals surface area (Å²) in [5.41, 5.74) is -1.53. The molecule has 22 heavy (non-hydrogen) atoms. The maximum absolute atomic E-state index is 12.7. The Bertz CT molecular complexity index is 692. The van der Waals surface area contributed by atoms with Crippen LogP contribution in [0.2, 0.25) is 0 Å². The minimum absolute atomic E-state index is 0.00342. The number of terminal acetylenes is 1. The van der Waals surface area contributed by atoms with Crippen LogP contribution in [0.15, 0.2) is 34.8 Å². The summed E-state index contributed by atoms with van der Waals surface area (Å²) in [5.74, 6) is 0.930. The van der Waals surface area contributed by atoms with Crippen LogP contribution in [0.3, 0.4) is 0 Å². The van der Waals surface area contributed by atoms with Crippen LogP contribution in [-0.4, -0.2) is 30.1 Å². The predicted molar refractivity (Wildman–Crippen MR) is 85.2 cm³/mol. The lowest BCUT2D eigenvalue weighted by Gasteiger charge is -2.24. The van der Waals surface area contributed by atoms with Crippen LogP contribution in [0.5, 0.6) is 0 Å². The highest BCUT2D eigenvalue weighted by Crippen LogP contribution is 2.44. The van der Waals surface area contributed by atoms with E-state index in [2.05, 4.69) is 21.9 Å². The molecule has 1 amide bonds. The highest BCUT2D eigenvalue weighted by atomic mass is 79.9. The summed E-state index contributed by atoms with van der Waals surface area (Å²) in [6.45, 7) is 1.77. The molecule has 1 N–H and O–H groups in total. The number of amides is 1. The van der Waals surface area contributed by atoms with E-state index in [9.17, 15) is 14.7 Å². The molecule has 6 heteroatoms. The lowest BCUT2D eigenvalue weighted by molar-refractivity contribution is -0.145. The van der Waals surface area contributed by atoms with E-state index in [1.54, 1.807) is 31.2 Å². The molecule has 1 unspecified atom stereocenters. The number of halogens is 1. The van der Waals surface area contributed by atoms with Crippen LogP contribution in [0.1, 0.15) is 12.5 Å². The largest absolute Gasteiger partial charge is 0.463 e. The Hall–Kier alpha value is -2.10. The van der Waals surface area contributed by atoms with Crippen LogP contribution in [-0.2, 0) is 19.9 Å². The molecular weight excluding hydrogens is 350 g/mol. The normalized spacial score (nSPS) is 20.5. The first-order chi connectivity index (χ1) is 10.5. The molecule has 0 saturated heterocycles. The first-order valence-corrected chi connectivity index (χ1v) is 7.49. The molecule has 1 aliphatic rings. The zero-order chi connectivity index (χ0) is 16.3. The van der Waals surface area contributed by atoms with Gasteiger partial charge in [0.05, 0.1) is 24.4 Å². The maximum atomic E-state index is 12.7. The SMILES string of the molecule is C#CCN1C(=O)C(O)(/C(=C/Br)C(=O)OCC)c2ccccc21. The molecule has 0 aromatic heterocycles. The van der Waals surface area contributed by atoms with Crippen molar-refractivity contribution in [1.82, 2.24) is 0 Å². The summed E-state index contributed by atoms with van der Waals surface area (Å²) in [4.78, 5) is 27.3. The number of ether oxygens (including phenoxy) is 1. The van der Waals surface area contributed by atoms with Gasteiger partial charge in [-0.15, -0.1) is 6.42 Å². The summed E-state index contributed by atoms with van der Waals surface area (Å²) < 4.78 is 4.92. The molecule has 1 heterocycles. The van der Waals surface area contributed by atoms with E-state index >= 15 is 0 Å². The average molecular weight is 364 g/mol. The summed E-state index contributed by atoms with van der Waals surface area (Å²) in [6.07, 6.45) is 5.29. The topological polar surface area (TPSA) is 66.8 Å². The molecule has 0 aliphatic carbocycles. The standard InChI is InChI=1S/C16H14BrNO4/c1-3-9-18-13-8-6-5-7-11(13)16(21,15(18)20)12(10-17)14(19)22-4-2/h1,5-8,10,21H,4,9H2,2H3/b12-10+. The van der Waals surface area contributed by atoms with Gasteiger partial charge in [0, 0.05) is 5.56 Å². The number of carbonyl (C=O) groups is 2. The Morgan fingerprint density at radius 1 is 1.55 bits per heavy atom. The number of fused-ring (bicyclic) bond motifs is 1. The van der Waals surface area contributed by atoms with Crippen molar-refractivity contribution in [3.05, 3.63) is 40.4 Å². The predicted octanol–water partition coefficient (Wildman–Crippen LogP) is 1.70. The number of anilines is 1. The third-order valence-electron chi connectivity index (χ3n) is 3.38. The summed E-state index contributed by atoms with van der Waals surface area (Å²) in [7, 11) is 0. The van der Waals surface area contributed by atoms with E-state index in [-0.39, 0.29) is 18.7 Å². The van der Waals surface area contributed by atoms with E-state index in [0.717, 1.165) is 0 Å². The average Bonchev–Trinajstić information content (AvgIpc) is 2.72. The van der Waals surface area contributed by atoms with E-state index in [0.29, 0.717) is 11.3 Å². The third-order valence-corrected chi connectivity index (χ3v) is 3.84. The minimum Gasteiger partial charge on any atom is -0.463 e. The molecule has 1 aromatic carbocycles. The molecular formula is C16H14BrNO4. The van der Waals surface area contributed by atoms with Gasteiger partial charge < -0.3 is 9.84 Å². The Morgan fingerprint density at radius 2 is 2.23 bits per heavy atom. The van der Waals surface area contributed by atoms with Crippen LogP contribution >= 0.6 is 15.9 Å². The van der Waals surface area contributed by atoms with Gasteiger partial charge in [0.15, 0.2) is 0 Å². The Kier molecular flexibility index (Phi) is 4.69. The number of nitrogens with zero attached hydrogens (tertiary/aromatic N) is 1. The van der Waals surface area contributed by atoms with Crippen molar-refractivity contribution in [3.8, 4) is 12.3 Å². The van der Waals surface area contributed by atoms with Gasteiger partial charge in [0.25, 0.3) is 5.91 Å². The highest BCUT2D eigenvalue weighted by molar-refractivity contribution is 9.11.